The largest absolute Gasteiger partial charge is 0.399 e. The van der Waals surface area contributed by atoms with Crippen LogP contribution in [0.15, 0.2) is 48.5 Å². The monoisotopic (exact) mass is 379 g/mol. The average Bonchev–Trinajstić information content (AvgIpc) is 2.71. The second-order valence-corrected chi connectivity index (χ2v) is 8.01. The van der Waals surface area contributed by atoms with Crippen molar-refractivity contribution in [2.75, 3.05) is 31.9 Å². The average molecular weight is 380 g/mol. The minimum atomic E-state index is -0.0217. The van der Waals surface area contributed by atoms with Crippen LogP contribution < -0.4 is 11.1 Å². The highest BCUT2D eigenvalue weighted by atomic mass is 16.1. The Morgan fingerprint density at radius 2 is 1.86 bits per heavy atom. The van der Waals surface area contributed by atoms with Crippen LogP contribution in [0.4, 0.5) is 5.69 Å². The van der Waals surface area contributed by atoms with Crippen LogP contribution in [-0.4, -0.2) is 37.0 Å². The van der Waals surface area contributed by atoms with Gasteiger partial charge in [-0.05, 0) is 87.8 Å². The molecule has 28 heavy (non-hydrogen) atoms. The smallest absolute Gasteiger partial charge is 0.251 e. The van der Waals surface area contributed by atoms with E-state index in [1.165, 1.54) is 37.9 Å². The molecule has 1 heterocycles. The summed E-state index contributed by atoms with van der Waals surface area (Å²) in [4.78, 5) is 14.9. The van der Waals surface area contributed by atoms with Gasteiger partial charge in [0, 0.05) is 17.8 Å². The van der Waals surface area contributed by atoms with Crippen LogP contribution in [0.1, 0.15) is 47.2 Å². The number of hydrogen-bond acceptors (Lipinski definition) is 3. The molecule has 2 aromatic carbocycles. The maximum absolute atomic E-state index is 12.3. The van der Waals surface area contributed by atoms with Gasteiger partial charge >= 0.3 is 0 Å². The van der Waals surface area contributed by atoms with Gasteiger partial charge in [-0.25, -0.2) is 0 Å². The van der Waals surface area contributed by atoms with Gasteiger partial charge < -0.3 is 16.0 Å². The first-order valence-corrected chi connectivity index (χ1v) is 10.5. The van der Waals surface area contributed by atoms with Gasteiger partial charge in [0.1, 0.15) is 0 Å². The van der Waals surface area contributed by atoms with Gasteiger partial charge in [-0.15, -0.1) is 0 Å². The SMILES string of the molecule is Cc1ccc(N)cc1C(=O)NCCCCN1CCC(Cc2ccccc2)CC1. The zero-order chi connectivity index (χ0) is 19.8. The molecule has 4 nitrogen and oxygen atoms in total. The van der Waals surface area contributed by atoms with E-state index < -0.39 is 0 Å². The topological polar surface area (TPSA) is 58.4 Å². The number of nitrogens with one attached hydrogen (secondary N) is 1. The van der Waals surface area contributed by atoms with Crippen LogP contribution in [-0.2, 0) is 6.42 Å². The molecule has 1 saturated heterocycles. The predicted molar refractivity (Wildman–Crippen MR) is 116 cm³/mol. The number of benzene rings is 2. The number of nitrogens with two attached hydrogens (primary N) is 1. The summed E-state index contributed by atoms with van der Waals surface area (Å²) >= 11 is 0. The molecule has 1 aliphatic heterocycles. The van der Waals surface area contributed by atoms with Crippen LogP contribution in [0, 0.1) is 12.8 Å². The van der Waals surface area contributed by atoms with Crippen molar-refractivity contribution in [1.29, 1.82) is 0 Å². The molecule has 0 aliphatic carbocycles. The lowest BCUT2D eigenvalue weighted by Crippen LogP contribution is -2.35. The minimum Gasteiger partial charge on any atom is -0.399 e. The zero-order valence-electron chi connectivity index (χ0n) is 17.0. The van der Waals surface area contributed by atoms with Crippen molar-refractivity contribution in [3.63, 3.8) is 0 Å². The van der Waals surface area contributed by atoms with Gasteiger partial charge in [-0.2, -0.15) is 0 Å². The van der Waals surface area contributed by atoms with E-state index in [4.69, 9.17) is 5.73 Å². The van der Waals surface area contributed by atoms with Gasteiger partial charge in [0.25, 0.3) is 5.91 Å². The lowest BCUT2D eigenvalue weighted by molar-refractivity contribution is 0.0951. The lowest BCUT2D eigenvalue weighted by Gasteiger charge is -2.32. The Labute approximate surface area is 169 Å². The Hall–Kier alpha value is -2.33. The number of carbonyl (C=O) groups is 1. The third-order valence-electron chi connectivity index (χ3n) is 5.77. The van der Waals surface area contributed by atoms with E-state index in [2.05, 4.69) is 40.5 Å². The normalized spacial score (nSPS) is 15.5. The number of anilines is 1. The maximum Gasteiger partial charge on any atom is 0.251 e. The molecule has 1 aliphatic rings. The highest BCUT2D eigenvalue weighted by Gasteiger charge is 2.19. The molecule has 2 aromatic rings. The number of nitrogen functional groups attached to an aromatic ring is 1. The van der Waals surface area contributed by atoms with Crippen LogP contribution in [0.5, 0.6) is 0 Å². The molecular formula is C24H33N3O. The molecule has 3 N–H and O–H groups in total. The van der Waals surface area contributed by atoms with Crippen molar-refractivity contribution in [2.24, 2.45) is 5.92 Å². The molecule has 1 amide bonds. The number of rotatable bonds is 8. The summed E-state index contributed by atoms with van der Waals surface area (Å²) in [5, 5.41) is 3.03. The maximum atomic E-state index is 12.3. The van der Waals surface area contributed by atoms with Gasteiger partial charge in [-0.3, -0.25) is 4.79 Å². The van der Waals surface area contributed by atoms with E-state index in [0.29, 0.717) is 11.3 Å². The van der Waals surface area contributed by atoms with E-state index in [1.54, 1.807) is 6.07 Å². The summed E-state index contributed by atoms with van der Waals surface area (Å²) in [6.07, 6.45) is 5.93. The van der Waals surface area contributed by atoms with Crippen LogP contribution >= 0.6 is 0 Å². The molecule has 0 spiro atoms. The molecule has 3 rings (SSSR count). The summed E-state index contributed by atoms with van der Waals surface area (Å²) in [6, 6.07) is 16.3. The standard InChI is InChI=1S/C24H33N3O/c1-19-9-10-22(25)18-23(19)24(28)26-13-5-6-14-27-15-11-21(12-16-27)17-20-7-3-2-4-8-20/h2-4,7-10,18,21H,5-6,11-17,25H2,1H3,(H,26,28). The molecule has 1 fully saturated rings. The number of amides is 1. The molecule has 0 saturated carbocycles. The number of hydrogen-bond donors (Lipinski definition) is 2. The molecule has 4 heteroatoms. The first kappa shape index (κ1) is 20.4. The molecule has 0 unspecified atom stereocenters. The molecule has 0 atom stereocenters. The van der Waals surface area contributed by atoms with E-state index in [1.807, 2.05) is 19.1 Å². The van der Waals surface area contributed by atoms with Gasteiger partial charge in [-0.1, -0.05) is 36.4 Å². The van der Waals surface area contributed by atoms with Crippen LogP contribution in [0.2, 0.25) is 0 Å². The van der Waals surface area contributed by atoms with Gasteiger partial charge in [0.2, 0.25) is 0 Å². The molecule has 0 bridgehead atoms. The fourth-order valence-electron chi connectivity index (χ4n) is 4.00. The van der Waals surface area contributed by atoms with Crippen molar-refractivity contribution in [2.45, 2.75) is 39.0 Å². The van der Waals surface area contributed by atoms with E-state index in [-0.39, 0.29) is 5.91 Å². The van der Waals surface area contributed by atoms with E-state index in [9.17, 15) is 4.79 Å². The Morgan fingerprint density at radius 1 is 1.11 bits per heavy atom. The Balaban J connectivity index is 1.29. The Bertz CT molecular complexity index is 752. The quantitative estimate of drug-likeness (QED) is 0.537. The first-order chi connectivity index (χ1) is 13.6. The van der Waals surface area contributed by atoms with Gasteiger partial charge in [0.05, 0.1) is 0 Å². The van der Waals surface area contributed by atoms with Gasteiger partial charge in [0.15, 0.2) is 0 Å². The van der Waals surface area contributed by atoms with Crippen molar-refractivity contribution < 1.29 is 4.79 Å². The fourth-order valence-corrected chi connectivity index (χ4v) is 4.00. The number of likely N-dealkylation sites (tertiary alicyclic amines) is 1. The third-order valence-corrected chi connectivity index (χ3v) is 5.77. The van der Waals surface area contributed by atoms with Crippen molar-refractivity contribution in [1.82, 2.24) is 10.2 Å². The first-order valence-electron chi connectivity index (χ1n) is 10.5. The van der Waals surface area contributed by atoms with Crippen molar-refractivity contribution >= 4 is 11.6 Å². The van der Waals surface area contributed by atoms with E-state index in [0.717, 1.165) is 37.4 Å². The summed E-state index contributed by atoms with van der Waals surface area (Å²) in [7, 11) is 0. The molecule has 150 valence electrons. The van der Waals surface area contributed by atoms with Crippen LogP contribution in [0.25, 0.3) is 0 Å². The molecular weight excluding hydrogens is 346 g/mol. The fraction of sp³-hybridized carbons (Fsp3) is 0.458. The van der Waals surface area contributed by atoms with Crippen molar-refractivity contribution in [3.8, 4) is 0 Å². The number of piperidine rings is 1. The minimum absolute atomic E-state index is 0.0217. The summed E-state index contributed by atoms with van der Waals surface area (Å²) in [5.41, 5.74) is 9.53. The number of carbonyl (C=O) groups excluding carboxylic acids is 1. The number of nitrogens with zero attached hydrogens (tertiary/aromatic N) is 1. The highest BCUT2D eigenvalue weighted by molar-refractivity contribution is 5.96. The third kappa shape index (κ3) is 6.10. The zero-order valence-corrected chi connectivity index (χ0v) is 17.0. The predicted octanol–water partition coefficient (Wildman–Crippen LogP) is 4.04. The van der Waals surface area contributed by atoms with E-state index >= 15 is 0 Å². The Kier molecular flexibility index (Phi) is 7.49. The van der Waals surface area contributed by atoms with Crippen LogP contribution in [0.3, 0.4) is 0 Å². The van der Waals surface area contributed by atoms with Crippen molar-refractivity contribution in [3.05, 3.63) is 65.2 Å². The number of unbranched alkanes of at least 4 members (excludes halogenated alkanes) is 1. The Morgan fingerprint density at radius 3 is 2.61 bits per heavy atom. The highest BCUT2D eigenvalue weighted by Crippen LogP contribution is 2.21. The summed E-state index contributed by atoms with van der Waals surface area (Å²) in [6.45, 7) is 6.19. The molecule has 0 radical (unpaired) electrons. The molecule has 0 aromatic heterocycles. The second-order valence-electron chi connectivity index (χ2n) is 8.01. The summed E-state index contributed by atoms with van der Waals surface area (Å²) in [5.74, 6) is 0.797. The summed E-state index contributed by atoms with van der Waals surface area (Å²) < 4.78 is 0. The number of aryl methyl sites for hydroxylation is 1. The second kappa shape index (κ2) is 10.3. The lowest BCUT2D eigenvalue weighted by atomic mass is 9.90.